The summed E-state index contributed by atoms with van der Waals surface area (Å²) in [7, 11) is 0. The first-order chi connectivity index (χ1) is 25.6. The highest BCUT2D eigenvalue weighted by molar-refractivity contribution is 6.13. The van der Waals surface area contributed by atoms with E-state index in [0.717, 1.165) is 66.8 Å². The first-order valence-electron chi connectivity index (χ1n) is 17.7. The Kier molecular flexibility index (Phi) is 6.96. The fourth-order valence-electron chi connectivity index (χ4n) is 7.63. The SMILES string of the molecule is Cc1ccc2c(c1)c1ccccc1c1nc(CCc3nc4c5ccccc5c5cc(C)ccc5n4c3Oc3ccccc3)c(Oc3ccccc3)n21. The fourth-order valence-corrected chi connectivity index (χ4v) is 7.63. The number of aryl methyl sites for hydroxylation is 4. The standard InChI is InChI=1S/C46H34N4O2/c1-29-21-25-41-37(27-29)33-17-9-11-19-35(33)43-47-39(45(49(41)43)51-31-13-5-3-6-14-31)23-24-40-46(52-32-15-7-4-8-16-32)50-42-26-22-30(2)28-38(42)34-18-10-12-20-36(34)44(50)48-40/h3-22,25-28H,23-24H2,1-2H3. The van der Waals surface area contributed by atoms with Crippen molar-refractivity contribution in [1.82, 2.24) is 18.8 Å². The molecule has 52 heavy (non-hydrogen) atoms. The largest absolute Gasteiger partial charge is 0.438 e. The summed E-state index contributed by atoms with van der Waals surface area (Å²) in [5.41, 5.74) is 7.97. The predicted octanol–water partition coefficient (Wildman–Crippen LogP) is 11.6. The summed E-state index contributed by atoms with van der Waals surface area (Å²) < 4.78 is 18.0. The molecule has 250 valence electrons. The number of ether oxygens (including phenoxy) is 2. The number of hydrogen-bond acceptors (Lipinski definition) is 4. The molecule has 0 saturated heterocycles. The molecule has 6 heteroatoms. The highest BCUT2D eigenvalue weighted by atomic mass is 16.5. The number of fused-ring (bicyclic) bond motifs is 12. The zero-order valence-corrected chi connectivity index (χ0v) is 28.9. The second kappa shape index (κ2) is 12.0. The Bertz CT molecular complexity index is 2780. The van der Waals surface area contributed by atoms with Crippen LogP contribution in [0.4, 0.5) is 0 Å². The minimum atomic E-state index is 0.579. The smallest absolute Gasteiger partial charge is 0.228 e. The lowest BCUT2D eigenvalue weighted by Crippen LogP contribution is -2.00. The Balaban J connectivity index is 1.20. The summed E-state index contributed by atoms with van der Waals surface area (Å²) in [5.74, 6) is 2.93. The van der Waals surface area contributed by atoms with E-state index >= 15 is 0 Å². The predicted molar refractivity (Wildman–Crippen MR) is 210 cm³/mol. The lowest BCUT2D eigenvalue weighted by atomic mass is 10.0. The Morgan fingerprint density at radius 3 is 1.23 bits per heavy atom. The van der Waals surface area contributed by atoms with Gasteiger partial charge in [0.25, 0.3) is 0 Å². The molecular weight excluding hydrogens is 641 g/mol. The third kappa shape index (κ3) is 4.87. The minimum Gasteiger partial charge on any atom is -0.438 e. The van der Waals surface area contributed by atoms with Gasteiger partial charge in [-0.1, -0.05) is 108 Å². The normalized spacial score (nSPS) is 11.8. The van der Waals surface area contributed by atoms with Crippen molar-refractivity contribution in [2.75, 3.05) is 0 Å². The number of nitrogens with zero attached hydrogens (tertiary/aromatic N) is 4. The van der Waals surface area contributed by atoms with Gasteiger partial charge in [0.2, 0.25) is 11.8 Å². The van der Waals surface area contributed by atoms with Crippen molar-refractivity contribution in [3.8, 4) is 23.3 Å². The Morgan fingerprint density at radius 1 is 0.423 bits per heavy atom. The van der Waals surface area contributed by atoms with Crippen LogP contribution in [-0.4, -0.2) is 18.8 Å². The zero-order chi connectivity index (χ0) is 34.8. The average molecular weight is 675 g/mol. The van der Waals surface area contributed by atoms with Gasteiger partial charge in [0.15, 0.2) is 0 Å². The van der Waals surface area contributed by atoms with Crippen LogP contribution in [0.15, 0.2) is 146 Å². The van der Waals surface area contributed by atoms with Gasteiger partial charge in [-0.05, 0) is 73.2 Å². The fraction of sp³-hybridized carbons (Fsp3) is 0.0870. The van der Waals surface area contributed by atoms with Crippen LogP contribution in [-0.2, 0) is 12.8 Å². The second-order valence-electron chi connectivity index (χ2n) is 13.5. The number of aromatic nitrogens is 4. The van der Waals surface area contributed by atoms with Crippen LogP contribution in [0.2, 0.25) is 0 Å². The lowest BCUT2D eigenvalue weighted by Gasteiger charge is -2.13. The molecule has 0 saturated carbocycles. The van der Waals surface area contributed by atoms with E-state index in [2.05, 4.69) is 108 Å². The number of imidazole rings is 2. The molecular formula is C46H34N4O2. The molecule has 0 aliphatic carbocycles. The molecule has 0 aliphatic rings. The Morgan fingerprint density at radius 2 is 0.808 bits per heavy atom. The van der Waals surface area contributed by atoms with Gasteiger partial charge in [0.1, 0.15) is 34.2 Å². The summed E-state index contributed by atoms with van der Waals surface area (Å²) in [4.78, 5) is 10.7. The number of para-hydroxylation sites is 2. The van der Waals surface area contributed by atoms with Gasteiger partial charge in [-0.3, -0.25) is 8.80 Å². The molecule has 0 radical (unpaired) electrons. The quantitative estimate of drug-likeness (QED) is 0.158. The van der Waals surface area contributed by atoms with E-state index in [1.807, 2.05) is 60.7 Å². The van der Waals surface area contributed by atoms with Crippen molar-refractivity contribution in [2.45, 2.75) is 26.7 Å². The highest BCUT2D eigenvalue weighted by Crippen LogP contribution is 2.39. The van der Waals surface area contributed by atoms with E-state index in [9.17, 15) is 0 Å². The summed E-state index contributed by atoms with van der Waals surface area (Å²) in [6, 6.07) is 50.1. The van der Waals surface area contributed by atoms with E-state index in [1.165, 1.54) is 21.9 Å². The van der Waals surface area contributed by atoms with E-state index < -0.39 is 0 Å². The third-order valence-corrected chi connectivity index (χ3v) is 10.0. The average Bonchev–Trinajstić information content (AvgIpc) is 3.73. The van der Waals surface area contributed by atoms with Crippen LogP contribution in [0.3, 0.4) is 0 Å². The van der Waals surface area contributed by atoms with Gasteiger partial charge in [0.05, 0.1) is 11.0 Å². The summed E-state index contributed by atoms with van der Waals surface area (Å²) in [5, 5.41) is 6.84. The van der Waals surface area contributed by atoms with E-state index in [0.29, 0.717) is 24.6 Å². The number of rotatable bonds is 7. The van der Waals surface area contributed by atoms with Crippen LogP contribution < -0.4 is 9.47 Å². The molecule has 0 atom stereocenters. The maximum absolute atomic E-state index is 6.79. The van der Waals surface area contributed by atoms with Gasteiger partial charge < -0.3 is 9.47 Å². The molecule has 0 aliphatic heterocycles. The van der Waals surface area contributed by atoms with Crippen LogP contribution in [0.25, 0.3) is 54.6 Å². The molecule has 0 bridgehead atoms. The summed E-state index contributed by atoms with van der Waals surface area (Å²) in [6.45, 7) is 4.27. The van der Waals surface area contributed by atoms with E-state index in [-0.39, 0.29) is 0 Å². The molecule has 6 nitrogen and oxygen atoms in total. The second-order valence-corrected chi connectivity index (χ2v) is 13.5. The lowest BCUT2D eigenvalue weighted by molar-refractivity contribution is 0.448. The topological polar surface area (TPSA) is 53.1 Å². The molecule has 0 spiro atoms. The Labute approximate surface area is 300 Å². The van der Waals surface area contributed by atoms with Crippen LogP contribution in [0.1, 0.15) is 22.5 Å². The van der Waals surface area contributed by atoms with Crippen molar-refractivity contribution in [3.63, 3.8) is 0 Å². The first-order valence-corrected chi connectivity index (χ1v) is 17.7. The van der Waals surface area contributed by atoms with Crippen LogP contribution in [0.5, 0.6) is 23.3 Å². The summed E-state index contributed by atoms with van der Waals surface area (Å²) >= 11 is 0. The van der Waals surface area contributed by atoms with Gasteiger partial charge in [-0.2, -0.15) is 0 Å². The van der Waals surface area contributed by atoms with Crippen molar-refractivity contribution < 1.29 is 9.47 Å². The van der Waals surface area contributed by atoms with Crippen molar-refractivity contribution in [2.24, 2.45) is 0 Å². The van der Waals surface area contributed by atoms with Crippen molar-refractivity contribution >= 4 is 54.6 Å². The first kappa shape index (κ1) is 30.2. The molecule has 0 fully saturated rings. The van der Waals surface area contributed by atoms with Gasteiger partial charge in [0, 0.05) is 34.4 Å². The zero-order valence-electron chi connectivity index (χ0n) is 28.9. The molecule has 0 amide bonds. The van der Waals surface area contributed by atoms with E-state index in [4.69, 9.17) is 19.4 Å². The van der Waals surface area contributed by atoms with Crippen LogP contribution in [0, 0.1) is 13.8 Å². The molecule has 0 N–H and O–H groups in total. The van der Waals surface area contributed by atoms with Crippen molar-refractivity contribution in [1.29, 1.82) is 0 Å². The van der Waals surface area contributed by atoms with Crippen LogP contribution >= 0.6 is 0 Å². The minimum absolute atomic E-state index is 0.579. The molecule has 0 unspecified atom stereocenters. The Hall–Kier alpha value is -6.66. The molecule has 10 rings (SSSR count). The summed E-state index contributed by atoms with van der Waals surface area (Å²) in [6.07, 6.45) is 1.16. The van der Waals surface area contributed by atoms with Gasteiger partial charge in [-0.25, -0.2) is 9.97 Å². The highest BCUT2D eigenvalue weighted by Gasteiger charge is 2.24. The maximum Gasteiger partial charge on any atom is 0.228 e. The molecule has 4 heterocycles. The van der Waals surface area contributed by atoms with E-state index in [1.54, 1.807) is 0 Å². The molecule has 4 aromatic heterocycles. The number of hydrogen-bond donors (Lipinski definition) is 0. The van der Waals surface area contributed by atoms with Gasteiger partial charge in [-0.15, -0.1) is 0 Å². The maximum atomic E-state index is 6.79. The van der Waals surface area contributed by atoms with Crippen molar-refractivity contribution in [3.05, 3.63) is 168 Å². The monoisotopic (exact) mass is 674 g/mol. The number of benzene rings is 6. The third-order valence-electron chi connectivity index (χ3n) is 10.0. The molecule has 6 aromatic carbocycles. The number of pyridine rings is 2. The van der Waals surface area contributed by atoms with Gasteiger partial charge >= 0.3 is 0 Å². The molecule has 10 aromatic rings.